The highest BCUT2D eigenvalue weighted by Crippen LogP contribution is 2.17. The predicted molar refractivity (Wildman–Crippen MR) is 73.7 cm³/mol. The first-order chi connectivity index (χ1) is 9.25. The van der Waals surface area contributed by atoms with Crippen LogP contribution in [0.5, 0.6) is 0 Å². The van der Waals surface area contributed by atoms with Crippen molar-refractivity contribution in [1.82, 2.24) is 19.6 Å². The number of nitrogen functional groups attached to an aromatic ring is 1. The molecule has 0 aliphatic rings. The molecule has 0 bridgehead atoms. The molecule has 6 heteroatoms. The van der Waals surface area contributed by atoms with Crippen LogP contribution in [0.1, 0.15) is 11.1 Å². The third-order valence-electron chi connectivity index (χ3n) is 3.15. The molecule has 1 aromatic carbocycles. The quantitative estimate of drug-likeness (QED) is 0.694. The van der Waals surface area contributed by atoms with Gasteiger partial charge in [-0.1, -0.05) is 12.1 Å². The predicted octanol–water partition coefficient (Wildman–Crippen LogP) is 1.63. The van der Waals surface area contributed by atoms with Gasteiger partial charge in [-0.25, -0.2) is 4.98 Å². The lowest BCUT2D eigenvalue weighted by atomic mass is 10.1. The van der Waals surface area contributed by atoms with E-state index >= 15 is 0 Å². The third kappa shape index (κ3) is 2.08. The second-order valence-corrected chi connectivity index (χ2v) is 4.32. The first kappa shape index (κ1) is 11.5. The van der Waals surface area contributed by atoms with E-state index in [4.69, 9.17) is 5.73 Å². The van der Waals surface area contributed by atoms with Crippen LogP contribution in [0.25, 0.3) is 5.65 Å². The minimum Gasteiger partial charge on any atom is -0.399 e. The number of nitrogens with zero attached hydrogens (tertiary/aromatic N) is 4. The van der Waals surface area contributed by atoms with Gasteiger partial charge in [0, 0.05) is 24.6 Å². The van der Waals surface area contributed by atoms with E-state index in [0.717, 1.165) is 16.8 Å². The Morgan fingerprint density at radius 1 is 1.37 bits per heavy atom. The van der Waals surface area contributed by atoms with E-state index < -0.39 is 0 Å². The van der Waals surface area contributed by atoms with Crippen molar-refractivity contribution in [2.45, 2.75) is 13.5 Å². The van der Waals surface area contributed by atoms with Gasteiger partial charge in [-0.3, -0.25) is 4.40 Å². The minimum atomic E-state index is 0.649. The number of aromatic nitrogens is 4. The van der Waals surface area contributed by atoms with Gasteiger partial charge < -0.3 is 11.1 Å². The first-order valence-electron chi connectivity index (χ1n) is 5.98. The molecule has 0 aliphatic heterocycles. The number of hydrogen-bond donors (Lipinski definition) is 2. The van der Waals surface area contributed by atoms with Crippen molar-refractivity contribution in [3.63, 3.8) is 0 Å². The Kier molecular flexibility index (Phi) is 2.75. The fourth-order valence-electron chi connectivity index (χ4n) is 1.96. The number of hydrogen-bond acceptors (Lipinski definition) is 5. The van der Waals surface area contributed by atoms with Gasteiger partial charge in [0.05, 0.1) is 0 Å². The van der Waals surface area contributed by atoms with Crippen molar-refractivity contribution in [2.75, 3.05) is 11.1 Å². The number of benzene rings is 1. The highest BCUT2D eigenvalue weighted by Gasteiger charge is 2.06. The molecule has 0 aliphatic carbocycles. The van der Waals surface area contributed by atoms with Crippen molar-refractivity contribution < 1.29 is 0 Å². The standard InChI is InChI=1S/C13H14N6/c1-9-10(3-2-4-11(9)14)7-16-12-13-18-17-8-19(13)6-5-15-12/h2-6,8H,7,14H2,1H3,(H,15,16). The van der Waals surface area contributed by atoms with Crippen LogP contribution < -0.4 is 11.1 Å². The minimum absolute atomic E-state index is 0.649. The first-order valence-corrected chi connectivity index (χ1v) is 5.98. The van der Waals surface area contributed by atoms with E-state index in [1.54, 1.807) is 12.5 Å². The van der Waals surface area contributed by atoms with E-state index in [2.05, 4.69) is 20.5 Å². The Hall–Kier alpha value is -2.63. The Bertz CT molecular complexity index is 718. The molecule has 0 unspecified atom stereocenters. The van der Waals surface area contributed by atoms with E-state index in [1.807, 2.05) is 35.7 Å². The molecule has 0 saturated heterocycles. The van der Waals surface area contributed by atoms with Gasteiger partial charge in [-0.15, -0.1) is 10.2 Å². The van der Waals surface area contributed by atoms with Gasteiger partial charge in [0.25, 0.3) is 0 Å². The average Bonchev–Trinajstić information content (AvgIpc) is 2.89. The Morgan fingerprint density at radius 3 is 3.16 bits per heavy atom. The van der Waals surface area contributed by atoms with Crippen LogP contribution in [0.3, 0.4) is 0 Å². The lowest BCUT2D eigenvalue weighted by Gasteiger charge is -2.10. The summed E-state index contributed by atoms with van der Waals surface area (Å²) in [6.07, 6.45) is 5.17. The van der Waals surface area contributed by atoms with Crippen molar-refractivity contribution in [2.24, 2.45) is 0 Å². The molecule has 6 nitrogen and oxygen atoms in total. The molecule has 0 spiro atoms. The fraction of sp³-hybridized carbons (Fsp3) is 0.154. The molecule has 0 atom stereocenters. The Labute approximate surface area is 110 Å². The summed E-state index contributed by atoms with van der Waals surface area (Å²) >= 11 is 0. The highest BCUT2D eigenvalue weighted by atomic mass is 15.2. The zero-order valence-electron chi connectivity index (χ0n) is 10.5. The van der Waals surface area contributed by atoms with E-state index in [-0.39, 0.29) is 0 Å². The van der Waals surface area contributed by atoms with Gasteiger partial charge >= 0.3 is 0 Å². The molecule has 0 saturated carbocycles. The molecule has 0 amide bonds. The van der Waals surface area contributed by atoms with Gasteiger partial charge in [0.15, 0.2) is 5.82 Å². The van der Waals surface area contributed by atoms with Crippen LogP contribution in [0.4, 0.5) is 11.5 Å². The van der Waals surface area contributed by atoms with E-state index in [1.165, 1.54) is 0 Å². The SMILES string of the molecule is Cc1c(N)cccc1CNc1nccn2cnnc12. The van der Waals surface area contributed by atoms with Gasteiger partial charge in [0.1, 0.15) is 6.33 Å². The lowest BCUT2D eigenvalue weighted by molar-refractivity contribution is 1.06. The topological polar surface area (TPSA) is 81.1 Å². The second-order valence-electron chi connectivity index (χ2n) is 4.32. The van der Waals surface area contributed by atoms with Crippen molar-refractivity contribution in [3.8, 4) is 0 Å². The zero-order valence-corrected chi connectivity index (χ0v) is 10.5. The average molecular weight is 254 g/mol. The zero-order chi connectivity index (χ0) is 13.2. The summed E-state index contributed by atoms with van der Waals surface area (Å²) in [5, 5.41) is 11.2. The largest absolute Gasteiger partial charge is 0.399 e. The normalized spacial score (nSPS) is 10.8. The van der Waals surface area contributed by atoms with Crippen LogP contribution >= 0.6 is 0 Å². The molecule has 2 heterocycles. The van der Waals surface area contributed by atoms with Crippen LogP contribution in [0, 0.1) is 6.92 Å². The van der Waals surface area contributed by atoms with Crippen molar-refractivity contribution in [3.05, 3.63) is 48.0 Å². The van der Waals surface area contributed by atoms with E-state index in [9.17, 15) is 0 Å². The lowest BCUT2D eigenvalue weighted by Crippen LogP contribution is -2.06. The molecular weight excluding hydrogens is 240 g/mol. The third-order valence-corrected chi connectivity index (χ3v) is 3.15. The molecule has 3 aromatic rings. The molecule has 3 rings (SSSR count). The van der Waals surface area contributed by atoms with Crippen molar-refractivity contribution in [1.29, 1.82) is 0 Å². The summed E-state index contributed by atoms with van der Waals surface area (Å²) in [5.41, 5.74) is 9.63. The maximum absolute atomic E-state index is 5.89. The van der Waals surface area contributed by atoms with E-state index in [0.29, 0.717) is 18.0 Å². The van der Waals surface area contributed by atoms with Crippen LogP contribution in [-0.4, -0.2) is 19.6 Å². The number of anilines is 2. The van der Waals surface area contributed by atoms with Gasteiger partial charge in [-0.2, -0.15) is 0 Å². The summed E-state index contributed by atoms with van der Waals surface area (Å²) in [7, 11) is 0. The molecule has 96 valence electrons. The monoisotopic (exact) mass is 254 g/mol. The Morgan fingerprint density at radius 2 is 2.26 bits per heavy atom. The van der Waals surface area contributed by atoms with Crippen molar-refractivity contribution >= 4 is 17.2 Å². The summed E-state index contributed by atoms with van der Waals surface area (Å²) < 4.78 is 1.82. The molecule has 0 radical (unpaired) electrons. The number of fused-ring (bicyclic) bond motifs is 1. The highest BCUT2D eigenvalue weighted by molar-refractivity contribution is 5.62. The van der Waals surface area contributed by atoms with Crippen LogP contribution in [0.15, 0.2) is 36.9 Å². The summed E-state index contributed by atoms with van der Waals surface area (Å²) in [4.78, 5) is 4.28. The maximum Gasteiger partial charge on any atom is 0.203 e. The van der Waals surface area contributed by atoms with Gasteiger partial charge in [-0.05, 0) is 24.1 Å². The second kappa shape index (κ2) is 4.56. The van der Waals surface area contributed by atoms with Crippen LogP contribution in [0.2, 0.25) is 0 Å². The molecule has 0 fully saturated rings. The van der Waals surface area contributed by atoms with Crippen LogP contribution in [-0.2, 0) is 6.54 Å². The molecule has 3 N–H and O–H groups in total. The summed E-state index contributed by atoms with van der Waals surface area (Å²) in [5.74, 6) is 0.710. The van der Waals surface area contributed by atoms with Gasteiger partial charge in [0.2, 0.25) is 5.65 Å². The number of rotatable bonds is 3. The molecular formula is C13H14N6. The Balaban J connectivity index is 1.86. The fourth-order valence-corrected chi connectivity index (χ4v) is 1.96. The summed E-state index contributed by atoms with van der Waals surface area (Å²) in [6.45, 7) is 2.66. The molecule has 2 aromatic heterocycles. The number of nitrogens with one attached hydrogen (secondary N) is 1. The smallest absolute Gasteiger partial charge is 0.203 e. The maximum atomic E-state index is 5.89. The number of nitrogens with two attached hydrogens (primary N) is 1. The molecule has 19 heavy (non-hydrogen) atoms. The summed E-state index contributed by atoms with van der Waals surface area (Å²) in [6, 6.07) is 5.89.